The quantitative estimate of drug-likeness (QED) is 0.613. The number of benzene rings is 2. The number of hydrogen-bond donors (Lipinski definition) is 1. The van der Waals surface area contributed by atoms with Gasteiger partial charge in [0, 0.05) is 19.6 Å². The van der Waals surface area contributed by atoms with E-state index in [0.29, 0.717) is 18.7 Å². The largest absolute Gasteiger partial charge is 0.386 e. The third-order valence-corrected chi connectivity index (χ3v) is 7.71. The van der Waals surface area contributed by atoms with Crippen molar-refractivity contribution in [2.24, 2.45) is 0 Å². The van der Waals surface area contributed by atoms with Crippen LogP contribution < -0.4 is 0 Å². The Morgan fingerprint density at radius 3 is 2.41 bits per heavy atom. The predicted molar refractivity (Wildman–Crippen MR) is 109 cm³/mol. The van der Waals surface area contributed by atoms with E-state index >= 15 is 0 Å². The molecule has 1 aliphatic heterocycles. The number of sulfone groups is 1. The summed E-state index contributed by atoms with van der Waals surface area (Å²) >= 11 is 6.09. The average Bonchev–Trinajstić information content (AvgIpc) is 2.62. The van der Waals surface area contributed by atoms with Crippen LogP contribution in [0.5, 0.6) is 0 Å². The molecule has 0 aliphatic carbocycles. The molecule has 3 rings (SSSR count). The number of aryl methyl sites for hydroxylation is 1. The van der Waals surface area contributed by atoms with Crippen molar-refractivity contribution in [3.8, 4) is 0 Å². The summed E-state index contributed by atoms with van der Waals surface area (Å²) in [5.74, 6) is -0.187. The molecule has 0 unspecified atom stereocenters. The second-order valence-corrected chi connectivity index (χ2v) is 9.56. The molecule has 0 aromatic heterocycles. The molecule has 1 saturated heterocycles. The summed E-state index contributed by atoms with van der Waals surface area (Å²) in [7, 11) is -3.80. The number of alkyl halides is 1. The topological polar surface area (TPSA) is 57.6 Å². The zero-order valence-electron chi connectivity index (χ0n) is 15.3. The molecule has 2 aromatic rings. The van der Waals surface area contributed by atoms with Gasteiger partial charge in [0.05, 0.1) is 10.8 Å². The molecule has 27 heavy (non-hydrogen) atoms. The third kappa shape index (κ3) is 4.11. The number of hydrogen-bond acceptors (Lipinski definition) is 4. The molecule has 6 heteroatoms. The Balaban J connectivity index is 1.90. The van der Waals surface area contributed by atoms with E-state index in [4.69, 9.17) is 11.6 Å². The van der Waals surface area contributed by atoms with Crippen LogP contribution >= 0.6 is 11.6 Å². The lowest BCUT2D eigenvalue weighted by Crippen LogP contribution is -2.61. The molecule has 0 amide bonds. The van der Waals surface area contributed by atoms with Crippen molar-refractivity contribution in [2.75, 3.05) is 19.0 Å². The fourth-order valence-corrected chi connectivity index (χ4v) is 6.08. The lowest BCUT2D eigenvalue weighted by atomic mass is 9.90. The SMILES string of the molecule is C=C1CN(Cc2ccccc2)C[C@](O)(CCl)[C@H]1S(=O)(=O)c1ccc(C)cc1. The molecule has 2 atom stereocenters. The Morgan fingerprint density at radius 1 is 1.19 bits per heavy atom. The van der Waals surface area contributed by atoms with Crippen molar-refractivity contribution in [1.29, 1.82) is 0 Å². The van der Waals surface area contributed by atoms with Crippen LogP contribution in [0.15, 0.2) is 71.6 Å². The van der Waals surface area contributed by atoms with Gasteiger partial charge >= 0.3 is 0 Å². The van der Waals surface area contributed by atoms with E-state index in [2.05, 4.69) is 6.58 Å². The minimum atomic E-state index is -3.80. The first kappa shape index (κ1) is 20.1. The molecule has 1 fully saturated rings. The first-order valence-electron chi connectivity index (χ1n) is 8.79. The van der Waals surface area contributed by atoms with E-state index < -0.39 is 20.7 Å². The monoisotopic (exact) mass is 405 g/mol. The highest BCUT2D eigenvalue weighted by atomic mass is 35.5. The van der Waals surface area contributed by atoms with Gasteiger partial charge in [-0.3, -0.25) is 4.90 Å². The standard InChI is InChI=1S/C21H24ClNO3S/c1-16-8-10-19(11-9-16)27(25,26)20-17(2)12-23(15-21(20,24)14-22)13-18-6-4-3-5-7-18/h3-11,20,24H,2,12-15H2,1H3/t20-,21+/m0/s1. The minimum absolute atomic E-state index is 0.167. The fraction of sp³-hybridized carbons (Fsp3) is 0.333. The van der Waals surface area contributed by atoms with Gasteiger partial charge in [-0.2, -0.15) is 0 Å². The lowest BCUT2D eigenvalue weighted by Gasteiger charge is -2.44. The normalized spacial score (nSPS) is 24.1. The molecule has 4 nitrogen and oxygen atoms in total. The number of piperidine rings is 1. The summed E-state index contributed by atoms with van der Waals surface area (Å²) < 4.78 is 26.5. The van der Waals surface area contributed by atoms with Crippen LogP contribution in [0.1, 0.15) is 11.1 Å². The van der Waals surface area contributed by atoms with E-state index in [1.54, 1.807) is 24.3 Å². The molecule has 0 spiro atoms. The second kappa shape index (κ2) is 7.76. The molecule has 1 aliphatic rings. The summed E-state index contributed by atoms with van der Waals surface area (Å²) in [6, 6.07) is 16.5. The van der Waals surface area contributed by atoms with E-state index in [0.717, 1.165) is 11.1 Å². The highest BCUT2D eigenvalue weighted by Gasteiger charge is 2.50. The van der Waals surface area contributed by atoms with Crippen LogP contribution in [-0.2, 0) is 16.4 Å². The van der Waals surface area contributed by atoms with Crippen LogP contribution in [0.25, 0.3) is 0 Å². The summed E-state index contributed by atoms with van der Waals surface area (Å²) in [6.07, 6.45) is 0. The molecule has 0 radical (unpaired) electrons. The average molecular weight is 406 g/mol. The Kier molecular flexibility index (Phi) is 5.77. The molecule has 0 bridgehead atoms. The maximum atomic E-state index is 13.3. The molecule has 2 aromatic carbocycles. The van der Waals surface area contributed by atoms with Crippen molar-refractivity contribution in [2.45, 2.75) is 29.2 Å². The van der Waals surface area contributed by atoms with Crippen molar-refractivity contribution >= 4 is 21.4 Å². The van der Waals surface area contributed by atoms with Gasteiger partial charge in [0.25, 0.3) is 0 Å². The number of β-amino-alcohol motifs (C(OH)–C–C–N with tert-alkyl or cyclic N) is 1. The maximum absolute atomic E-state index is 13.3. The first-order chi connectivity index (χ1) is 12.8. The van der Waals surface area contributed by atoms with Crippen molar-refractivity contribution in [1.82, 2.24) is 4.90 Å². The second-order valence-electron chi connectivity index (χ2n) is 7.26. The van der Waals surface area contributed by atoms with Crippen LogP contribution in [0, 0.1) is 6.92 Å². The molecular formula is C21H24ClNO3S. The molecular weight excluding hydrogens is 382 g/mol. The Morgan fingerprint density at radius 2 is 1.81 bits per heavy atom. The zero-order valence-corrected chi connectivity index (χ0v) is 16.9. The van der Waals surface area contributed by atoms with Crippen molar-refractivity contribution in [3.05, 3.63) is 77.9 Å². The van der Waals surface area contributed by atoms with E-state index in [9.17, 15) is 13.5 Å². The van der Waals surface area contributed by atoms with Crippen molar-refractivity contribution < 1.29 is 13.5 Å². The lowest BCUT2D eigenvalue weighted by molar-refractivity contribution is 0.00773. The number of nitrogens with zero attached hydrogens (tertiary/aromatic N) is 1. The summed E-state index contributed by atoms with van der Waals surface area (Å²) in [5.41, 5.74) is 0.913. The van der Waals surface area contributed by atoms with E-state index in [-0.39, 0.29) is 17.3 Å². The van der Waals surface area contributed by atoms with Gasteiger partial charge in [-0.05, 0) is 30.2 Å². The first-order valence-corrected chi connectivity index (χ1v) is 10.9. The van der Waals surface area contributed by atoms with Crippen LogP contribution in [0.4, 0.5) is 0 Å². The predicted octanol–water partition coefficient (Wildman–Crippen LogP) is 3.18. The van der Waals surface area contributed by atoms with Gasteiger partial charge in [-0.1, -0.05) is 54.6 Å². The van der Waals surface area contributed by atoms with Crippen molar-refractivity contribution in [3.63, 3.8) is 0 Å². The van der Waals surface area contributed by atoms with Crippen LogP contribution in [0.2, 0.25) is 0 Å². The molecule has 144 valence electrons. The summed E-state index contributed by atoms with van der Waals surface area (Å²) in [5, 5.41) is 10.1. The third-order valence-electron chi connectivity index (χ3n) is 4.92. The number of likely N-dealkylation sites (tertiary alicyclic amines) is 1. The zero-order chi connectivity index (χ0) is 19.7. The Labute approximate surface area is 166 Å². The number of aliphatic hydroxyl groups is 1. The summed E-state index contributed by atoms with van der Waals surface area (Å²) in [6.45, 7) is 7.05. The Hall–Kier alpha value is -1.66. The van der Waals surface area contributed by atoms with E-state index in [1.807, 2.05) is 42.2 Å². The number of rotatable bonds is 5. The highest BCUT2D eigenvalue weighted by Crippen LogP contribution is 2.35. The van der Waals surface area contributed by atoms with Crippen LogP contribution in [-0.4, -0.2) is 48.2 Å². The minimum Gasteiger partial charge on any atom is -0.386 e. The van der Waals surface area contributed by atoms with Gasteiger partial charge in [-0.25, -0.2) is 8.42 Å². The van der Waals surface area contributed by atoms with Gasteiger partial charge in [0.15, 0.2) is 9.84 Å². The highest BCUT2D eigenvalue weighted by molar-refractivity contribution is 7.92. The molecule has 1 N–H and O–H groups in total. The smallest absolute Gasteiger partial charge is 0.188 e. The molecule has 0 saturated carbocycles. The summed E-state index contributed by atoms with van der Waals surface area (Å²) in [4.78, 5) is 2.17. The van der Waals surface area contributed by atoms with Gasteiger partial charge in [-0.15, -0.1) is 11.6 Å². The van der Waals surface area contributed by atoms with Gasteiger partial charge < -0.3 is 5.11 Å². The fourth-order valence-electron chi connectivity index (χ4n) is 3.71. The Bertz CT molecular complexity index is 912. The van der Waals surface area contributed by atoms with Crippen LogP contribution in [0.3, 0.4) is 0 Å². The molecule has 1 heterocycles. The van der Waals surface area contributed by atoms with Gasteiger partial charge in [0.1, 0.15) is 10.9 Å². The number of halogens is 1. The van der Waals surface area contributed by atoms with E-state index in [1.165, 1.54) is 0 Å². The van der Waals surface area contributed by atoms with Gasteiger partial charge in [0.2, 0.25) is 0 Å². The maximum Gasteiger partial charge on any atom is 0.188 e.